The van der Waals surface area contributed by atoms with Crippen molar-refractivity contribution in [2.75, 3.05) is 6.61 Å². The fourth-order valence-electron chi connectivity index (χ4n) is 6.18. The van der Waals surface area contributed by atoms with Gasteiger partial charge in [0.25, 0.3) is 0 Å². The molecule has 4 aliphatic rings. The van der Waals surface area contributed by atoms with Crippen molar-refractivity contribution in [3.63, 3.8) is 0 Å². The molecule has 3 aliphatic carbocycles. The van der Waals surface area contributed by atoms with Crippen LogP contribution in [0.5, 0.6) is 0 Å². The van der Waals surface area contributed by atoms with E-state index in [0.717, 1.165) is 13.0 Å². The highest BCUT2D eigenvalue weighted by Crippen LogP contribution is 2.63. The molecule has 2 nitrogen and oxygen atoms in total. The molecule has 4 rings (SSSR count). The van der Waals surface area contributed by atoms with Gasteiger partial charge in [0.2, 0.25) is 0 Å². The van der Waals surface area contributed by atoms with Crippen molar-refractivity contribution in [2.24, 2.45) is 28.1 Å². The topological polar surface area (TPSA) is 29.6 Å². The molecule has 0 amide bonds. The van der Waals surface area contributed by atoms with Crippen molar-refractivity contribution < 1.29 is 9.53 Å². The molecule has 1 heterocycles. The third-order valence-corrected chi connectivity index (χ3v) is 7.68. The van der Waals surface area contributed by atoms with Crippen molar-refractivity contribution in [2.45, 2.75) is 72.3 Å². The van der Waals surface area contributed by atoms with E-state index in [0.29, 0.717) is 34.6 Å². The number of epoxide rings is 1. The lowest BCUT2D eigenvalue weighted by atomic mass is 9.45. The van der Waals surface area contributed by atoms with Gasteiger partial charge in [0.05, 0.1) is 12.7 Å². The van der Waals surface area contributed by atoms with E-state index in [1.54, 1.807) is 0 Å². The Morgan fingerprint density at radius 3 is 2.55 bits per heavy atom. The van der Waals surface area contributed by atoms with Gasteiger partial charge in [-0.2, -0.15) is 0 Å². The average molecular weight is 302 g/mol. The highest BCUT2D eigenvalue weighted by molar-refractivity contribution is 5.97. The van der Waals surface area contributed by atoms with Crippen molar-refractivity contribution in [1.29, 1.82) is 0 Å². The highest BCUT2D eigenvalue weighted by atomic mass is 16.6. The van der Waals surface area contributed by atoms with E-state index in [2.05, 4.69) is 33.8 Å². The van der Waals surface area contributed by atoms with Crippen LogP contribution in [0.25, 0.3) is 0 Å². The maximum atomic E-state index is 12.9. The molecule has 0 radical (unpaired) electrons. The first kappa shape index (κ1) is 14.9. The third-order valence-electron chi connectivity index (χ3n) is 7.68. The molecule has 0 aromatic rings. The Morgan fingerprint density at radius 1 is 1.14 bits per heavy atom. The van der Waals surface area contributed by atoms with Crippen molar-refractivity contribution in [1.82, 2.24) is 0 Å². The summed E-state index contributed by atoms with van der Waals surface area (Å²) in [6, 6.07) is 0. The summed E-state index contributed by atoms with van der Waals surface area (Å²) in [6.07, 6.45) is 9.73. The fourth-order valence-corrected chi connectivity index (χ4v) is 6.18. The SMILES string of the molecule is CC1(C)CCC[C@@]2(C)[C@@H]3CC[C@@](C)([C@H]4CO4)C=C3C(=O)C[C@H]12. The van der Waals surface area contributed by atoms with Crippen molar-refractivity contribution in [3.8, 4) is 0 Å². The predicted octanol–water partition coefficient (Wildman–Crippen LogP) is 4.53. The molecule has 0 aromatic carbocycles. The van der Waals surface area contributed by atoms with Gasteiger partial charge in [-0.25, -0.2) is 0 Å². The summed E-state index contributed by atoms with van der Waals surface area (Å²) in [6.45, 7) is 10.4. The summed E-state index contributed by atoms with van der Waals surface area (Å²) in [4.78, 5) is 12.9. The molecule has 122 valence electrons. The van der Waals surface area contributed by atoms with Gasteiger partial charge >= 0.3 is 0 Å². The zero-order chi connectivity index (χ0) is 15.8. The maximum Gasteiger partial charge on any atom is 0.159 e. The standard InChI is InChI=1S/C20H30O2/c1-18(2)7-5-8-20(4)14-6-9-19(3,17-12-22-17)11-13(14)15(21)10-16(18)20/h11,14,16-17H,5-10,12H2,1-4H3/t14-,16-,17-,19-,20+/m1/s1. The second-order valence-corrected chi connectivity index (χ2v) is 9.55. The molecule has 0 spiro atoms. The first-order chi connectivity index (χ1) is 10.3. The number of ketones is 1. The molecule has 0 N–H and O–H groups in total. The summed E-state index contributed by atoms with van der Waals surface area (Å²) in [7, 11) is 0. The molecule has 0 aromatic heterocycles. The number of carbonyl (C=O) groups excluding carboxylic acids is 1. The van der Waals surface area contributed by atoms with Crippen LogP contribution in [0.15, 0.2) is 11.6 Å². The molecule has 22 heavy (non-hydrogen) atoms. The van der Waals surface area contributed by atoms with E-state index in [9.17, 15) is 4.79 Å². The van der Waals surface area contributed by atoms with Crippen LogP contribution in [0, 0.1) is 28.1 Å². The number of hydrogen-bond donors (Lipinski definition) is 0. The zero-order valence-electron chi connectivity index (χ0n) is 14.6. The highest BCUT2D eigenvalue weighted by Gasteiger charge is 2.58. The van der Waals surface area contributed by atoms with Crippen LogP contribution in [0.4, 0.5) is 0 Å². The summed E-state index contributed by atoms with van der Waals surface area (Å²) < 4.78 is 5.57. The molecule has 0 bridgehead atoms. The summed E-state index contributed by atoms with van der Waals surface area (Å²) >= 11 is 0. The van der Waals surface area contributed by atoms with Gasteiger partial charge in [-0.05, 0) is 53.9 Å². The van der Waals surface area contributed by atoms with Gasteiger partial charge in [-0.1, -0.05) is 40.2 Å². The van der Waals surface area contributed by atoms with Gasteiger partial charge in [-0.3, -0.25) is 4.79 Å². The Labute approximate surface area is 134 Å². The Morgan fingerprint density at radius 2 is 1.86 bits per heavy atom. The first-order valence-electron chi connectivity index (χ1n) is 9.14. The van der Waals surface area contributed by atoms with Gasteiger partial charge in [0.1, 0.15) is 0 Å². The molecule has 1 saturated heterocycles. The predicted molar refractivity (Wildman–Crippen MR) is 87.5 cm³/mol. The monoisotopic (exact) mass is 302 g/mol. The van der Waals surface area contributed by atoms with Crippen LogP contribution >= 0.6 is 0 Å². The summed E-state index contributed by atoms with van der Waals surface area (Å²) in [5, 5.41) is 0. The lowest BCUT2D eigenvalue weighted by Gasteiger charge is -2.59. The Balaban J connectivity index is 1.74. The average Bonchev–Trinajstić information content (AvgIpc) is 3.26. The quantitative estimate of drug-likeness (QED) is 0.666. The molecular weight excluding hydrogens is 272 g/mol. The van der Waals surface area contributed by atoms with Crippen LogP contribution in [0.3, 0.4) is 0 Å². The molecule has 2 heteroatoms. The van der Waals surface area contributed by atoms with Gasteiger partial charge in [0.15, 0.2) is 5.78 Å². The molecule has 2 saturated carbocycles. The summed E-state index contributed by atoms with van der Waals surface area (Å²) in [5.41, 5.74) is 1.91. The number of rotatable bonds is 1. The lowest BCUT2D eigenvalue weighted by molar-refractivity contribution is -0.131. The molecule has 5 atom stereocenters. The van der Waals surface area contributed by atoms with Crippen LogP contribution in [-0.2, 0) is 9.53 Å². The normalized spacial score (nSPS) is 49.9. The third kappa shape index (κ3) is 1.99. The second-order valence-electron chi connectivity index (χ2n) is 9.55. The van der Waals surface area contributed by atoms with E-state index < -0.39 is 0 Å². The number of hydrogen-bond acceptors (Lipinski definition) is 2. The molecule has 1 aliphatic heterocycles. The van der Waals surface area contributed by atoms with Crippen LogP contribution in [0.2, 0.25) is 0 Å². The molecular formula is C20H30O2. The number of fused-ring (bicyclic) bond motifs is 3. The minimum absolute atomic E-state index is 0.106. The Kier molecular flexibility index (Phi) is 3.03. The van der Waals surface area contributed by atoms with Crippen LogP contribution in [0.1, 0.15) is 66.2 Å². The van der Waals surface area contributed by atoms with E-state index in [1.165, 1.54) is 37.7 Å². The number of carbonyl (C=O) groups is 1. The number of Topliss-reactive ketones (excluding diaryl/α,β-unsaturated/α-hetero) is 1. The Bertz CT molecular complexity index is 542. The number of ether oxygens (including phenoxy) is 1. The van der Waals surface area contributed by atoms with Gasteiger partial charge < -0.3 is 4.74 Å². The minimum Gasteiger partial charge on any atom is -0.372 e. The van der Waals surface area contributed by atoms with Crippen molar-refractivity contribution >= 4 is 5.78 Å². The molecule has 3 fully saturated rings. The van der Waals surface area contributed by atoms with Gasteiger partial charge in [0, 0.05) is 11.8 Å². The van der Waals surface area contributed by atoms with E-state index >= 15 is 0 Å². The molecule has 0 unspecified atom stereocenters. The summed E-state index contributed by atoms with van der Waals surface area (Å²) in [5.74, 6) is 1.49. The van der Waals surface area contributed by atoms with E-state index in [-0.39, 0.29) is 5.41 Å². The minimum atomic E-state index is 0.106. The van der Waals surface area contributed by atoms with Crippen LogP contribution < -0.4 is 0 Å². The van der Waals surface area contributed by atoms with E-state index in [1.807, 2.05) is 0 Å². The smallest absolute Gasteiger partial charge is 0.159 e. The fraction of sp³-hybridized carbons (Fsp3) is 0.850. The Hall–Kier alpha value is -0.630. The maximum absolute atomic E-state index is 12.9. The van der Waals surface area contributed by atoms with Gasteiger partial charge in [-0.15, -0.1) is 0 Å². The largest absolute Gasteiger partial charge is 0.372 e. The lowest BCUT2D eigenvalue weighted by Crippen LogP contribution is -2.53. The van der Waals surface area contributed by atoms with Crippen molar-refractivity contribution in [3.05, 3.63) is 11.6 Å². The first-order valence-corrected chi connectivity index (χ1v) is 9.14. The zero-order valence-corrected chi connectivity index (χ0v) is 14.6. The van der Waals surface area contributed by atoms with Crippen LogP contribution in [-0.4, -0.2) is 18.5 Å². The van der Waals surface area contributed by atoms with E-state index in [4.69, 9.17) is 4.74 Å². The number of allylic oxidation sites excluding steroid dienone is 1. The second kappa shape index (κ2) is 4.47.